The van der Waals surface area contributed by atoms with E-state index in [0.717, 1.165) is 29.7 Å². The van der Waals surface area contributed by atoms with Crippen molar-refractivity contribution >= 4 is 16.9 Å². The number of alkyl halides is 3. The Morgan fingerprint density at radius 2 is 1.92 bits per heavy atom. The smallest absolute Gasteiger partial charge is 0.338 e. The van der Waals surface area contributed by atoms with Crippen molar-refractivity contribution in [2.24, 2.45) is 0 Å². The highest BCUT2D eigenvalue weighted by atomic mass is 19.4. The Bertz CT molecular complexity index is 773. The summed E-state index contributed by atoms with van der Waals surface area (Å²) in [5.41, 5.74) is 1.99. The van der Waals surface area contributed by atoms with Crippen molar-refractivity contribution in [2.75, 3.05) is 13.1 Å². The molecule has 4 rings (SSSR count). The first-order chi connectivity index (χ1) is 11.4. The van der Waals surface area contributed by atoms with Crippen LogP contribution in [0.5, 0.6) is 0 Å². The molecule has 0 N–H and O–H groups in total. The predicted octanol–water partition coefficient (Wildman–Crippen LogP) is 3.64. The van der Waals surface area contributed by atoms with Gasteiger partial charge in [0.25, 0.3) is 0 Å². The van der Waals surface area contributed by atoms with E-state index in [4.69, 9.17) is 4.98 Å². The van der Waals surface area contributed by atoms with Gasteiger partial charge in [0, 0.05) is 25.4 Å². The normalized spacial score (nSPS) is 18.9. The molecule has 7 heteroatoms. The molecule has 2 aromatic rings. The average molecular weight is 337 g/mol. The van der Waals surface area contributed by atoms with Crippen molar-refractivity contribution in [3.8, 4) is 0 Å². The van der Waals surface area contributed by atoms with Crippen LogP contribution in [0.2, 0.25) is 0 Å². The van der Waals surface area contributed by atoms with Gasteiger partial charge in [-0.3, -0.25) is 4.79 Å². The van der Waals surface area contributed by atoms with Crippen molar-refractivity contribution in [1.29, 1.82) is 0 Å². The summed E-state index contributed by atoms with van der Waals surface area (Å²) >= 11 is 0. The molecule has 0 radical (unpaired) electrons. The molecule has 0 unspecified atom stereocenters. The van der Waals surface area contributed by atoms with Crippen LogP contribution in [0, 0.1) is 0 Å². The molecule has 0 bridgehead atoms. The van der Waals surface area contributed by atoms with Gasteiger partial charge >= 0.3 is 6.18 Å². The van der Waals surface area contributed by atoms with Crippen LogP contribution >= 0.6 is 0 Å². The average Bonchev–Trinajstić information content (AvgIpc) is 3.26. The van der Waals surface area contributed by atoms with Crippen molar-refractivity contribution in [1.82, 2.24) is 14.5 Å². The Morgan fingerprint density at radius 1 is 1.21 bits per heavy atom. The fourth-order valence-electron chi connectivity index (χ4n) is 3.31. The second kappa shape index (κ2) is 5.50. The van der Waals surface area contributed by atoms with Crippen LogP contribution in [0.4, 0.5) is 13.2 Å². The topological polar surface area (TPSA) is 38.1 Å². The lowest BCUT2D eigenvalue weighted by Gasteiger charge is -2.41. The summed E-state index contributed by atoms with van der Waals surface area (Å²) in [7, 11) is 0. The minimum atomic E-state index is -4.28. The molecule has 24 heavy (non-hydrogen) atoms. The number of hydrogen-bond acceptors (Lipinski definition) is 2. The number of carbonyl (C=O) groups excluding carboxylic acids is 1. The van der Waals surface area contributed by atoms with Crippen LogP contribution in [0.3, 0.4) is 0 Å². The number of benzene rings is 1. The number of fused-ring (bicyclic) bond motifs is 1. The van der Waals surface area contributed by atoms with Gasteiger partial charge in [-0.2, -0.15) is 13.2 Å². The molecule has 1 aliphatic heterocycles. The number of para-hydroxylation sites is 2. The van der Waals surface area contributed by atoms with Crippen molar-refractivity contribution in [3.63, 3.8) is 0 Å². The molecule has 1 aromatic heterocycles. The zero-order valence-electron chi connectivity index (χ0n) is 13.1. The van der Waals surface area contributed by atoms with Crippen LogP contribution in [0.15, 0.2) is 24.3 Å². The molecule has 2 fully saturated rings. The van der Waals surface area contributed by atoms with Gasteiger partial charge < -0.3 is 9.47 Å². The summed E-state index contributed by atoms with van der Waals surface area (Å²) in [5.74, 6) is 1.12. The number of nitrogens with zero attached hydrogens (tertiary/aromatic N) is 3. The molecule has 1 saturated carbocycles. The van der Waals surface area contributed by atoms with Gasteiger partial charge in [0.15, 0.2) is 0 Å². The number of aromatic nitrogens is 2. The van der Waals surface area contributed by atoms with Crippen LogP contribution in [0.25, 0.3) is 11.0 Å². The number of imidazole rings is 1. The van der Waals surface area contributed by atoms with E-state index in [9.17, 15) is 18.0 Å². The van der Waals surface area contributed by atoms with Gasteiger partial charge in [-0.05, 0) is 25.0 Å². The largest absolute Gasteiger partial charge is 0.389 e. The summed E-state index contributed by atoms with van der Waals surface area (Å²) in [6, 6.07) is 8.01. The Morgan fingerprint density at radius 3 is 2.58 bits per heavy atom. The first-order valence-corrected chi connectivity index (χ1v) is 8.24. The first kappa shape index (κ1) is 15.5. The number of carbonyl (C=O) groups is 1. The Kier molecular flexibility index (Phi) is 3.54. The van der Waals surface area contributed by atoms with Gasteiger partial charge in [0.2, 0.25) is 5.91 Å². The molecule has 0 atom stereocenters. The Hall–Kier alpha value is -2.05. The molecule has 2 aliphatic rings. The lowest BCUT2D eigenvalue weighted by Crippen LogP contribution is -2.51. The van der Waals surface area contributed by atoms with E-state index in [2.05, 4.69) is 4.57 Å². The van der Waals surface area contributed by atoms with E-state index in [1.165, 1.54) is 4.90 Å². The standard InChI is InChI=1S/C17H18F3N3O/c18-17(19,20)8-7-15(24)22-9-12(10-22)23-14-4-2-1-3-13(14)21-16(23)11-5-6-11/h1-4,11-12H,5-10H2. The molecule has 0 spiro atoms. The lowest BCUT2D eigenvalue weighted by atomic mass is 10.1. The van der Waals surface area contributed by atoms with E-state index >= 15 is 0 Å². The van der Waals surface area contributed by atoms with E-state index in [0.29, 0.717) is 19.0 Å². The summed E-state index contributed by atoms with van der Waals surface area (Å²) in [6.07, 6.45) is -3.53. The zero-order chi connectivity index (χ0) is 16.9. The Labute approximate surface area is 137 Å². The summed E-state index contributed by atoms with van der Waals surface area (Å²) in [4.78, 5) is 18.1. The van der Waals surface area contributed by atoms with Crippen LogP contribution in [-0.4, -0.2) is 39.6 Å². The fourth-order valence-corrected chi connectivity index (χ4v) is 3.31. The second-order valence-electron chi connectivity index (χ2n) is 6.67. The first-order valence-electron chi connectivity index (χ1n) is 8.24. The highest BCUT2D eigenvalue weighted by molar-refractivity contribution is 5.78. The quantitative estimate of drug-likeness (QED) is 0.854. The zero-order valence-corrected chi connectivity index (χ0v) is 13.1. The SMILES string of the molecule is O=C(CCC(F)(F)F)N1CC(n2c(C3CC3)nc3ccccc32)C1. The van der Waals surface area contributed by atoms with Gasteiger partial charge in [-0.25, -0.2) is 4.98 Å². The van der Waals surface area contributed by atoms with Gasteiger partial charge in [0.1, 0.15) is 5.82 Å². The summed E-state index contributed by atoms with van der Waals surface area (Å²) in [6.45, 7) is 0.938. The van der Waals surface area contributed by atoms with Crippen LogP contribution in [0.1, 0.15) is 43.5 Å². The lowest BCUT2D eigenvalue weighted by molar-refractivity contribution is -0.152. The number of halogens is 3. The third-order valence-electron chi connectivity index (χ3n) is 4.77. The summed E-state index contributed by atoms with van der Waals surface area (Å²) < 4.78 is 38.9. The molecule has 4 nitrogen and oxygen atoms in total. The van der Waals surface area contributed by atoms with Crippen molar-refractivity contribution in [3.05, 3.63) is 30.1 Å². The highest BCUT2D eigenvalue weighted by Gasteiger charge is 2.38. The fraction of sp³-hybridized carbons (Fsp3) is 0.529. The number of amides is 1. The van der Waals surface area contributed by atoms with E-state index < -0.39 is 24.9 Å². The second-order valence-corrected chi connectivity index (χ2v) is 6.67. The summed E-state index contributed by atoms with van der Waals surface area (Å²) in [5, 5.41) is 0. The predicted molar refractivity (Wildman–Crippen MR) is 82.6 cm³/mol. The molecule has 1 aromatic carbocycles. The molecular weight excluding hydrogens is 319 g/mol. The van der Waals surface area contributed by atoms with Gasteiger partial charge in [-0.1, -0.05) is 12.1 Å². The third-order valence-corrected chi connectivity index (χ3v) is 4.77. The number of hydrogen-bond donors (Lipinski definition) is 0. The van der Waals surface area contributed by atoms with E-state index in [1.807, 2.05) is 24.3 Å². The maximum Gasteiger partial charge on any atom is 0.389 e. The van der Waals surface area contributed by atoms with Crippen molar-refractivity contribution in [2.45, 2.75) is 43.8 Å². The van der Waals surface area contributed by atoms with Gasteiger partial charge in [-0.15, -0.1) is 0 Å². The Balaban J connectivity index is 1.48. The minimum Gasteiger partial charge on any atom is -0.338 e. The molecule has 128 valence electrons. The van der Waals surface area contributed by atoms with E-state index in [1.54, 1.807) is 0 Å². The highest BCUT2D eigenvalue weighted by Crippen LogP contribution is 2.43. The monoisotopic (exact) mass is 337 g/mol. The van der Waals surface area contributed by atoms with Crippen molar-refractivity contribution < 1.29 is 18.0 Å². The van der Waals surface area contributed by atoms with E-state index in [-0.39, 0.29) is 6.04 Å². The van der Waals surface area contributed by atoms with Gasteiger partial charge in [0.05, 0.1) is 23.5 Å². The maximum absolute atomic E-state index is 12.2. The van der Waals surface area contributed by atoms with Crippen LogP contribution in [-0.2, 0) is 4.79 Å². The molecule has 1 aliphatic carbocycles. The third kappa shape index (κ3) is 2.87. The molecular formula is C17H18F3N3O. The van der Waals surface area contributed by atoms with Crippen LogP contribution < -0.4 is 0 Å². The molecule has 1 saturated heterocycles. The maximum atomic E-state index is 12.2. The minimum absolute atomic E-state index is 0.114. The number of rotatable bonds is 4. The molecule has 1 amide bonds. The molecule has 2 heterocycles. The number of likely N-dealkylation sites (tertiary alicyclic amines) is 1.